The molecule has 0 saturated heterocycles. The number of amides is 2. The minimum atomic E-state index is -0.357. The number of pyridine rings is 2. The molecule has 0 aliphatic carbocycles. The van der Waals surface area contributed by atoms with Crippen molar-refractivity contribution in [3.05, 3.63) is 108 Å². The lowest BCUT2D eigenvalue weighted by Gasteiger charge is -2.13. The number of carbonyl (C=O) groups is 2. The number of nitrogens with one attached hydrogen (secondary N) is 2. The van der Waals surface area contributed by atoms with E-state index in [1.54, 1.807) is 18.2 Å². The van der Waals surface area contributed by atoms with Crippen LogP contribution in [0.1, 0.15) is 26.5 Å². The normalized spacial score (nSPS) is 10.8. The van der Waals surface area contributed by atoms with Crippen LogP contribution >= 0.6 is 0 Å². The van der Waals surface area contributed by atoms with Crippen LogP contribution in [-0.2, 0) is 0 Å². The largest absolute Gasteiger partial charge is 0.319 e. The highest BCUT2D eigenvalue weighted by Gasteiger charge is 2.15. The molecular formula is C27H20N4O2. The van der Waals surface area contributed by atoms with Gasteiger partial charge in [-0.15, -0.1) is 0 Å². The summed E-state index contributed by atoms with van der Waals surface area (Å²) in [4.78, 5) is 34.7. The average molecular weight is 432 g/mol. The minimum absolute atomic E-state index is 0.294. The molecule has 2 aromatic heterocycles. The first-order chi connectivity index (χ1) is 16.1. The summed E-state index contributed by atoms with van der Waals surface area (Å²) in [5.74, 6) is -0.713. The summed E-state index contributed by atoms with van der Waals surface area (Å²) in [5.41, 5.74) is 3.99. The van der Waals surface area contributed by atoms with Crippen molar-refractivity contribution in [1.29, 1.82) is 0 Å². The second-order valence-corrected chi connectivity index (χ2v) is 7.74. The molecule has 0 spiro atoms. The lowest BCUT2D eigenvalue weighted by molar-refractivity contribution is 0.101. The highest BCUT2D eigenvalue weighted by atomic mass is 16.2. The van der Waals surface area contributed by atoms with E-state index in [0.29, 0.717) is 22.8 Å². The Labute approximate surface area is 190 Å². The molecule has 33 heavy (non-hydrogen) atoms. The van der Waals surface area contributed by atoms with Crippen molar-refractivity contribution in [3.63, 3.8) is 0 Å². The minimum Gasteiger partial charge on any atom is -0.319 e. The van der Waals surface area contributed by atoms with Crippen LogP contribution in [0.3, 0.4) is 0 Å². The van der Waals surface area contributed by atoms with Crippen molar-refractivity contribution in [3.8, 4) is 0 Å². The molecule has 3 aromatic carbocycles. The van der Waals surface area contributed by atoms with Gasteiger partial charge in [0.25, 0.3) is 11.8 Å². The number of benzene rings is 3. The topological polar surface area (TPSA) is 84.0 Å². The monoisotopic (exact) mass is 432 g/mol. The first-order valence-electron chi connectivity index (χ1n) is 10.5. The molecular weight excluding hydrogens is 412 g/mol. The molecule has 5 aromatic rings. The maximum atomic E-state index is 12.9. The van der Waals surface area contributed by atoms with Crippen molar-refractivity contribution in [2.45, 2.75) is 6.92 Å². The second-order valence-electron chi connectivity index (χ2n) is 7.74. The van der Waals surface area contributed by atoms with E-state index in [9.17, 15) is 9.59 Å². The summed E-state index contributed by atoms with van der Waals surface area (Å²) in [6, 6.07) is 27.8. The Bertz CT molecular complexity index is 1530. The van der Waals surface area contributed by atoms with Crippen molar-refractivity contribution in [2.75, 3.05) is 10.6 Å². The van der Waals surface area contributed by atoms with E-state index in [-0.39, 0.29) is 11.8 Å². The van der Waals surface area contributed by atoms with Crippen LogP contribution in [0.4, 0.5) is 11.4 Å². The van der Waals surface area contributed by atoms with Gasteiger partial charge in [0.05, 0.1) is 22.4 Å². The third kappa shape index (κ3) is 4.27. The zero-order chi connectivity index (χ0) is 22.8. The number of hydrogen-bond donors (Lipinski definition) is 2. The number of rotatable bonds is 4. The molecule has 0 aliphatic heterocycles. The summed E-state index contributed by atoms with van der Waals surface area (Å²) >= 11 is 0. The summed E-state index contributed by atoms with van der Waals surface area (Å²) in [6.45, 7) is 1.92. The van der Waals surface area contributed by atoms with Gasteiger partial charge in [0.2, 0.25) is 0 Å². The third-order valence-corrected chi connectivity index (χ3v) is 5.33. The standard InChI is InChI=1S/C27H20N4O2/c1-17-10-13-22(30-26(32)23-14-11-18-6-2-4-8-20(18)28-23)25(16-17)31-27(33)24-15-12-19-7-3-5-9-21(19)29-24/h2-16H,1H3,(H,30,32)(H,31,33). The Hall–Kier alpha value is -4.58. The van der Waals surface area contributed by atoms with Gasteiger partial charge >= 0.3 is 0 Å². The molecule has 2 heterocycles. The number of carbonyl (C=O) groups excluding carboxylic acids is 2. The molecule has 0 aliphatic rings. The number of fused-ring (bicyclic) bond motifs is 2. The van der Waals surface area contributed by atoms with Gasteiger partial charge in [-0.25, -0.2) is 9.97 Å². The zero-order valence-corrected chi connectivity index (χ0v) is 17.9. The predicted octanol–water partition coefficient (Wildman–Crippen LogP) is 5.60. The van der Waals surface area contributed by atoms with Gasteiger partial charge in [-0.1, -0.05) is 54.6 Å². The lowest BCUT2D eigenvalue weighted by Crippen LogP contribution is -2.18. The van der Waals surface area contributed by atoms with Crippen LogP contribution < -0.4 is 10.6 Å². The maximum Gasteiger partial charge on any atom is 0.274 e. The zero-order valence-electron chi connectivity index (χ0n) is 17.9. The predicted molar refractivity (Wildman–Crippen MR) is 131 cm³/mol. The molecule has 0 atom stereocenters. The van der Waals surface area contributed by atoms with Crippen molar-refractivity contribution < 1.29 is 9.59 Å². The Morgan fingerprint density at radius 1 is 0.606 bits per heavy atom. The van der Waals surface area contributed by atoms with E-state index in [4.69, 9.17) is 0 Å². The maximum absolute atomic E-state index is 12.9. The number of nitrogens with zero attached hydrogens (tertiary/aromatic N) is 2. The fraction of sp³-hybridized carbons (Fsp3) is 0.0370. The Morgan fingerprint density at radius 2 is 1.12 bits per heavy atom. The first kappa shape index (κ1) is 20.3. The van der Waals surface area contributed by atoms with Crippen molar-refractivity contribution in [1.82, 2.24) is 9.97 Å². The van der Waals surface area contributed by atoms with Gasteiger partial charge in [-0.3, -0.25) is 9.59 Å². The van der Waals surface area contributed by atoms with Gasteiger partial charge in [0.15, 0.2) is 0 Å². The van der Waals surface area contributed by atoms with Gasteiger partial charge in [0.1, 0.15) is 11.4 Å². The molecule has 5 rings (SSSR count). The summed E-state index contributed by atoms with van der Waals surface area (Å²) in [7, 11) is 0. The second kappa shape index (κ2) is 8.51. The van der Waals surface area contributed by atoms with E-state index in [1.165, 1.54) is 0 Å². The highest BCUT2D eigenvalue weighted by Crippen LogP contribution is 2.25. The Balaban J connectivity index is 1.40. The molecule has 6 nitrogen and oxygen atoms in total. The van der Waals surface area contributed by atoms with Crippen LogP contribution in [0.2, 0.25) is 0 Å². The van der Waals surface area contributed by atoms with Crippen LogP contribution in [0.25, 0.3) is 21.8 Å². The van der Waals surface area contributed by atoms with E-state index < -0.39 is 0 Å². The number of aryl methyl sites for hydroxylation is 1. The molecule has 0 unspecified atom stereocenters. The Kier molecular flexibility index (Phi) is 5.24. The molecule has 160 valence electrons. The number of anilines is 2. The average Bonchev–Trinajstić information content (AvgIpc) is 2.85. The van der Waals surface area contributed by atoms with Gasteiger partial charge in [0, 0.05) is 10.8 Å². The van der Waals surface area contributed by atoms with E-state index in [0.717, 1.165) is 27.4 Å². The highest BCUT2D eigenvalue weighted by molar-refractivity contribution is 6.09. The van der Waals surface area contributed by atoms with Crippen LogP contribution in [0.5, 0.6) is 0 Å². The van der Waals surface area contributed by atoms with E-state index in [2.05, 4.69) is 20.6 Å². The SMILES string of the molecule is Cc1ccc(NC(=O)c2ccc3ccccc3n2)c(NC(=O)c2ccc3ccccc3n2)c1. The molecule has 0 saturated carbocycles. The Morgan fingerprint density at radius 3 is 1.70 bits per heavy atom. The quantitative estimate of drug-likeness (QED) is 0.387. The lowest BCUT2D eigenvalue weighted by atomic mass is 10.1. The van der Waals surface area contributed by atoms with Gasteiger partial charge in [-0.05, 0) is 48.9 Å². The first-order valence-corrected chi connectivity index (χ1v) is 10.5. The molecule has 0 radical (unpaired) electrons. The number of para-hydroxylation sites is 2. The van der Waals surface area contributed by atoms with Crippen molar-refractivity contribution >= 4 is 45.0 Å². The van der Waals surface area contributed by atoms with E-state index >= 15 is 0 Å². The summed E-state index contributed by atoms with van der Waals surface area (Å²) in [5, 5.41) is 7.67. The molecule has 6 heteroatoms. The summed E-state index contributed by atoms with van der Waals surface area (Å²) < 4.78 is 0. The smallest absolute Gasteiger partial charge is 0.274 e. The van der Waals surface area contributed by atoms with E-state index in [1.807, 2.05) is 79.7 Å². The fourth-order valence-corrected chi connectivity index (χ4v) is 3.63. The molecule has 0 fully saturated rings. The number of hydrogen-bond acceptors (Lipinski definition) is 4. The molecule has 2 N–H and O–H groups in total. The van der Waals surface area contributed by atoms with Crippen LogP contribution in [0.15, 0.2) is 91.0 Å². The number of aromatic nitrogens is 2. The third-order valence-electron chi connectivity index (χ3n) is 5.33. The van der Waals surface area contributed by atoms with Gasteiger partial charge < -0.3 is 10.6 Å². The van der Waals surface area contributed by atoms with Crippen LogP contribution in [-0.4, -0.2) is 21.8 Å². The van der Waals surface area contributed by atoms with Gasteiger partial charge in [-0.2, -0.15) is 0 Å². The fourth-order valence-electron chi connectivity index (χ4n) is 3.63. The molecule has 0 bridgehead atoms. The van der Waals surface area contributed by atoms with Crippen molar-refractivity contribution in [2.24, 2.45) is 0 Å². The molecule has 2 amide bonds. The van der Waals surface area contributed by atoms with Crippen LogP contribution in [0, 0.1) is 6.92 Å². The summed E-state index contributed by atoms with van der Waals surface area (Å²) in [6.07, 6.45) is 0.